The van der Waals surface area contributed by atoms with E-state index in [0.29, 0.717) is 18.7 Å². The number of hydrogen-bond acceptors (Lipinski definition) is 4. The van der Waals surface area contributed by atoms with Crippen LogP contribution in [0.1, 0.15) is 35.3 Å². The number of carbonyl (C=O) groups excluding carboxylic acids is 1. The molecule has 0 aliphatic carbocycles. The lowest BCUT2D eigenvalue weighted by Crippen LogP contribution is -2.34. The number of carbonyl (C=O) groups is 1. The van der Waals surface area contributed by atoms with E-state index in [9.17, 15) is 4.79 Å². The zero-order valence-corrected chi connectivity index (χ0v) is 12.2. The van der Waals surface area contributed by atoms with Gasteiger partial charge in [0.25, 0.3) is 5.91 Å². The fraction of sp³-hybridized carbons (Fsp3) is 0.500. The van der Waals surface area contributed by atoms with Crippen molar-refractivity contribution in [1.29, 1.82) is 0 Å². The molecular formula is C16H20N2O3. The average Bonchev–Trinajstić information content (AvgIpc) is 3.00. The predicted molar refractivity (Wildman–Crippen MR) is 78.8 cm³/mol. The third kappa shape index (κ3) is 4.55. The van der Waals surface area contributed by atoms with Crippen LogP contribution in [0.15, 0.2) is 18.3 Å². The third-order valence-electron chi connectivity index (χ3n) is 3.30. The Bertz CT molecular complexity index is 525. The standard InChI is InChI=1S/C16H20N2O3/c1-18(12-14-6-4-10-21-14)16(20)15-8-7-13(11-17-15)5-2-3-9-19/h7-8,11,14,19H,3-4,6,9-10,12H2,1H3. The summed E-state index contributed by atoms with van der Waals surface area (Å²) in [6, 6.07) is 3.45. The Morgan fingerprint density at radius 1 is 1.57 bits per heavy atom. The van der Waals surface area contributed by atoms with Crippen LogP contribution in [0.5, 0.6) is 0 Å². The molecule has 1 aromatic heterocycles. The number of aromatic nitrogens is 1. The van der Waals surface area contributed by atoms with Crippen LogP contribution in [0.25, 0.3) is 0 Å². The Morgan fingerprint density at radius 2 is 2.43 bits per heavy atom. The lowest BCUT2D eigenvalue weighted by molar-refractivity contribution is 0.0583. The summed E-state index contributed by atoms with van der Waals surface area (Å²) in [6.45, 7) is 1.43. The van der Waals surface area contributed by atoms with Gasteiger partial charge in [-0.25, -0.2) is 4.98 Å². The molecule has 1 unspecified atom stereocenters. The van der Waals surface area contributed by atoms with Crippen LogP contribution >= 0.6 is 0 Å². The van der Waals surface area contributed by atoms with Crippen LogP contribution in [0.2, 0.25) is 0 Å². The topological polar surface area (TPSA) is 62.7 Å². The first-order valence-corrected chi connectivity index (χ1v) is 7.13. The fourth-order valence-electron chi connectivity index (χ4n) is 2.19. The highest BCUT2D eigenvalue weighted by molar-refractivity contribution is 5.92. The summed E-state index contributed by atoms with van der Waals surface area (Å²) >= 11 is 0. The lowest BCUT2D eigenvalue weighted by atomic mass is 10.2. The summed E-state index contributed by atoms with van der Waals surface area (Å²) in [5, 5.41) is 8.66. The molecule has 1 aliphatic rings. The number of nitrogens with zero attached hydrogens (tertiary/aromatic N) is 2. The first-order chi connectivity index (χ1) is 10.2. The van der Waals surface area contributed by atoms with Crippen molar-refractivity contribution in [3.8, 4) is 11.8 Å². The Hall–Kier alpha value is -1.90. The molecule has 0 spiro atoms. The van der Waals surface area contributed by atoms with Crippen LogP contribution < -0.4 is 0 Å². The monoisotopic (exact) mass is 288 g/mol. The van der Waals surface area contributed by atoms with E-state index < -0.39 is 0 Å². The zero-order chi connectivity index (χ0) is 15.1. The molecule has 1 aromatic rings. The normalized spacial score (nSPS) is 17.1. The number of pyridine rings is 1. The van der Waals surface area contributed by atoms with Gasteiger partial charge in [-0.3, -0.25) is 4.79 Å². The molecule has 2 rings (SSSR count). The van der Waals surface area contributed by atoms with E-state index in [1.807, 2.05) is 0 Å². The number of ether oxygens (including phenoxy) is 1. The maximum absolute atomic E-state index is 12.2. The molecule has 1 amide bonds. The van der Waals surface area contributed by atoms with Crippen molar-refractivity contribution < 1.29 is 14.6 Å². The van der Waals surface area contributed by atoms with Crippen LogP contribution in [-0.2, 0) is 4.74 Å². The molecule has 2 heterocycles. The van der Waals surface area contributed by atoms with Crippen LogP contribution in [0, 0.1) is 11.8 Å². The van der Waals surface area contributed by atoms with E-state index in [-0.39, 0.29) is 18.6 Å². The van der Waals surface area contributed by atoms with Gasteiger partial charge in [0.2, 0.25) is 0 Å². The molecule has 1 saturated heterocycles. The van der Waals surface area contributed by atoms with Crippen LogP contribution in [0.4, 0.5) is 0 Å². The minimum atomic E-state index is -0.111. The summed E-state index contributed by atoms with van der Waals surface area (Å²) in [7, 11) is 1.76. The highest BCUT2D eigenvalue weighted by atomic mass is 16.5. The number of amides is 1. The van der Waals surface area contributed by atoms with Gasteiger partial charge in [-0.15, -0.1) is 0 Å². The first-order valence-electron chi connectivity index (χ1n) is 7.13. The maximum atomic E-state index is 12.2. The maximum Gasteiger partial charge on any atom is 0.272 e. The van der Waals surface area contributed by atoms with Gasteiger partial charge in [0.1, 0.15) is 5.69 Å². The molecule has 1 atom stereocenters. The SMILES string of the molecule is CN(CC1CCCO1)C(=O)c1ccc(C#CCCO)cn1. The molecule has 5 heteroatoms. The van der Waals surface area contributed by atoms with E-state index in [4.69, 9.17) is 9.84 Å². The van der Waals surface area contributed by atoms with Crippen molar-refractivity contribution in [1.82, 2.24) is 9.88 Å². The summed E-state index contributed by atoms with van der Waals surface area (Å²) in [4.78, 5) is 18.0. The third-order valence-corrected chi connectivity index (χ3v) is 3.30. The molecular weight excluding hydrogens is 268 g/mol. The molecule has 1 fully saturated rings. The van der Waals surface area contributed by atoms with E-state index in [1.54, 1.807) is 30.3 Å². The summed E-state index contributed by atoms with van der Waals surface area (Å²) in [6.07, 6.45) is 4.22. The highest BCUT2D eigenvalue weighted by Crippen LogP contribution is 2.13. The molecule has 21 heavy (non-hydrogen) atoms. The van der Waals surface area contributed by atoms with Gasteiger partial charge in [-0.2, -0.15) is 0 Å². The Labute approximate surface area is 124 Å². The van der Waals surface area contributed by atoms with Gasteiger partial charge in [0, 0.05) is 38.4 Å². The molecule has 1 aliphatic heterocycles. The molecule has 112 valence electrons. The largest absolute Gasteiger partial charge is 0.395 e. The molecule has 0 saturated carbocycles. The van der Waals surface area contributed by atoms with Crippen molar-refractivity contribution >= 4 is 5.91 Å². The predicted octanol–water partition coefficient (Wildman–Crippen LogP) is 1.07. The van der Waals surface area contributed by atoms with Crippen molar-refractivity contribution in [3.63, 3.8) is 0 Å². The minimum Gasteiger partial charge on any atom is -0.395 e. The number of aliphatic hydroxyl groups is 1. The van der Waals surface area contributed by atoms with Gasteiger partial charge in [0.05, 0.1) is 12.7 Å². The van der Waals surface area contributed by atoms with Gasteiger partial charge < -0.3 is 14.7 Å². The van der Waals surface area contributed by atoms with Crippen molar-refractivity contribution in [2.24, 2.45) is 0 Å². The fourth-order valence-corrected chi connectivity index (χ4v) is 2.19. The van der Waals surface area contributed by atoms with E-state index in [2.05, 4.69) is 16.8 Å². The van der Waals surface area contributed by atoms with Crippen molar-refractivity contribution in [2.45, 2.75) is 25.4 Å². The smallest absolute Gasteiger partial charge is 0.272 e. The van der Waals surface area contributed by atoms with E-state index >= 15 is 0 Å². The summed E-state index contributed by atoms with van der Waals surface area (Å²) in [5.41, 5.74) is 1.14. The number of hydrogen-bond donors (Lipinski definition) is 1. The van der Waals surface area contributed by atoms with Gasteiger partial charge in [-0.05, 0) is 25.0 Å². The van der Waals surface area contributed by atoms with Crippen LogP contribution in [-0.4, -0.2) is 53.8 Å². The number of likely N-dealkylation sites (N-methyl/N-ethyl adjacent to an activating group) is 1. The molecule has 1 N–H and O–H groups in total. The second-order valence-corrected chi connectivity index (χ2v) is 5.03. The molecule has 0 radical (unpaired) electrons. The van der Waals surface area contributed by atoms with Crippen molar-refractivity contribution in [2.75, 3.05) is 26.8 Å². The average molecular weight is 288 g/mol. The Balaban J connectivity index is 1.94. The van der Waals surface area contributed by atoms with E-state index in [1.165, 1.54) is 0 Å². The van der Waals surface area contributed by atoms with E-state index in [0.717, 1.165) is 25.0 Å². The second-order valence-electron chi connectivity index (χ2n) is 5.03. The highest BCUT2D eigenvalue weighted by Gasteiger charge is 2.21. The van der Waals surface area contributed by atoms with Crippen molar-refractivity contribution in [3.05, 3.63) is 29.6 Å². The summed E-state index contributed by atoms with van der Waals surface area (Å²) < 4.78 is 5.53. The zero-order valence-electron chi connectivity index (χ0n) is 12.2. The molecule has 0 bridgehead atoms. The molecule has 0 aromatic carbocycles. The Morgan fingerprint density at radius 3 is 3.05 bits per heavy atom. The molecule has 5 nitrogen and oxygen atoms in total. The Kier molecular flexibility index (Phi) is 5.73. The lowest BCUT2D eigenvalue weighted by Gasteiger charge is -2.20. The first kappa shape index (κ1) is 15.5. The quantitative estimate of drug-likeness (QED) is 0.842. The summed E-state index contributed by atoms with van der Waals surface area (Å²) in [5.74, 6) is 5.59. The second kappa shape index (κ2) is 7.77. The number of aliphatic hydroxyl groups excluding tert-OH is 1. The van der Waals surface area contributed by atoms with Gasteiger partial charge in [0.15, 0.2) is 0 Å². The van der Waals surface area contributed by atoms with Gasteiger partial charge >= 0.3 is 0 Å². The number of rotatable bonds is 4. The van der Waals surface area contributed by atoms with Gasteiger partial charge in [-0.1, -0.05) is 11.8 Å². The van der Waals surface area contributed by atoms with Crippen LogP contribution in [0.3, 0.4) is 0 Å². The minimum absolute atomic E-state index is 0.0467.